The van der Waals surface area contributed by atoms with E-state index in [-0.39, 0.29) is 5.95 Å². The average Bonchev–Trinajstić information content (AvgIpc) is 3.25. The smallest absolute Gasteiger partial charge is 0.220 e. The molecule has 3 aromatic heterocycles. The van der Waals surface area contributed by atoms with Gasteiger partial charge in [-0.05, 0) is 25.1 Å². The van der Waals surface area contributed by atoms with Crippen LogP contribution in [0.1, 0.15) is 5.69 Å². The standard InChI is InChI=1S/C18H14N4OS/c1-11-16(14-8-9-20-18(19)22-14)24-17(21-11)13-6-4-12(5-7-13)15-3-2-10-23-15/h2-10H,1H3,(H2,19,20,22). The molecule has 2 N–H and O–H groups in total. The van der Waals surface area contributed by atoms with Crippen LogP contribution in [-0.2, 0) is 0 Å². The molecule has 0 radical (unpaired) electrons. The van der Waals surface area contributed by atoms with Crippen LogP contribution in [0.3, 0.4) is 0 Å². The van der Waals surface area contributed by atoms with Gasteiger partial charge in [0.1, 0.15) is 10.8 Å². The normalized spacial score (nSPS) is 10.9. The van der Waals surface area contributed by atoms with Gasteiger partial charge in [0, 0.05) is 17.3 Å². The number of thiazole rings is 1. The van der Waals surface area contributed by atoms with Gasteiger partial charge in [-0.15, -0.1) is 11.3 Å². The topological polar surface area (TPSA) is 77.8 Å². The Morgan fingerprint density at radius 1 is 1.00 bits per heavy atom. The number of furan rings is 1. The predicted molar refractivity (Wildman–Crippen MR) is 95.4 cm³/mol. The molecule has 4 rings (SSSR count). The molecule has 0 aliphatic heterocycles. The summed E-state index contributed by atoms with van der Waals surface area (Å²) < 4.78 is 5.42. The van der Waals surface area contributed by atoms with E-state index in [1.807, 2.05) is 49.4 Å². The quantitative estimate of drug-likeness (QED) is 0.600. The Kier molecular flexibility index (Phi) is 3.59. The minimum atomic E-state index is 0.268. The van der Waals surface area contributed by atoms with E-state index in [9.17, 15) is 0 Å². The molecule has 3 heterocycles. The molecular formula is C18H14N4OS. The monoisotopic (exact) mass is 334 g/mol. The van der Waals surface area contributed by atoms with Crippen molar-refractivity contribution in [3.63, 3.8) is 0 Å². The van der Waals surface area contributed by atoms with E-state index < -0.39 is 0 Å². The first kappa shape index (κ1) is 14.6. The molecule has 0 aliphatic carbocycles. The van der Waals surface area contributed by atoms with E-state index in [4.69, 9.17) is 10.2 Å². The van der Waals surface area contributed by atoms with Gasteiger partial charge < -0.3 is 10.2 Å². The summed E-state index contributed by atoms with van der Waals surface area (Å²) in [6.45, 7) is 1.98. The fourth-order valence-electron chi connectivity index (χ4n) is 2.48. The molecule has 0 aliphatic rings. The van der Waals surface area contributed by atoms with Crippen molar-refractivity contribution in [2.75, 3.05) is 5.73 Å². The summed E-state index contributed by atoms with van der Waals surface area (Å²) in [6.07, 6.45) is 3.34. The molecular weight excluding hydrogens is 320 g/mol. The molecule has 0 amide bonds. The first-order valence-electron chi connectivity index (χ1n) is 7.41. The highest BCUT2D eigenvalue weighted by atomic mass is 32.1. The third-order valence-corrected chi connectivity index (χ3v) is 4.87. The largest absolute Gasteiger partial charge is 0.464 e. The molecule has 0 saturated heterocycles. The van der Waals surface area contributed by atoms with Crippen molar-refractivity contribution < 1.29 is 4.42 Å². The molecule has 0 saturated carbocycles. The maximum Gasteiger partial charge on any atom is 0.220 e. The average molecular weight is 334 g/mol. The van der Waals surface area contributed by atoms with Crippen molar-refractivity contribution in [3.8, 4) is 32.5 Å². The Morgan fingerprint density at radius 2 is 1.79 bits per heavy atom. The Balaban J connectivity index is 1.69. The van der Waals surface area contributed by atoms with Gasteiger partial charge >= 0.3 is 0 Å². The van der Waals surface area contributed by atoms with Gasteiger partial charge in [0.05, 0.1) is 22.5 Å². The van der Waals surface area contributed by atoms with Gasteiger partial charge in [-0.1, -0.05) is 24.3 Å². The minimum absolute atomic E-state index is 0.268. The molecule has 4 aromatic rings. The van der Waals surface area contributed by atoms with Crippen molar-refractivity contribution in [3.05, 3.63) is 60.6 Å². The molecule has 6 heteroatoms. The number of rotatable bonds is 3. The van der Waals surface area contributed by atoms with Gasteiger partial charge in [0.25, 0.3) is 0 Å². The Morgan fingerprint density at radius 3 is 2.50 bits per heavy atom. The zero-order chi connectivity index (χ0) is 16.5. The zero-order valence-corrected chi connectivity index (χ0v) is 13.7. The van der Waals surface area contributed by atoms with Crippen LogP contribution in [0, 0.1) is 6.92 Å². The van der Waals surface area contributed by atoms with E-state index in [0.29, 0.717) is 0 Å². The van der Waals surface area contributed by atoms with Crippen molar-refractivity contribution >= 4 is 17.3 Å². The first-order chi connectivity index (χ1) is 11.7. The SMILES string of the molecule is Cc1nc(-c2ccc(-c3ccco3)cc2)sc1-c1ccnc(N)n1. The van der Waals surface area contributed by atoms with Crippen LogP contribution in [-0.4, -0.2) is 15.0 Å². The lowest BCUT2D eigenvalue weighted by Crippen LogP contribution is -1.94. The van der Waals surface area contributed by atoms with Crippen LogP contribution in [0.15, 0.2) is 59.3 Å². The van der Waals surface area contributed by atoms with E-state index in [0.717, 1.165) is 38.2 Å². The van der Waals surface area contributed by atoms with Gasteiger partial charge in [0.15, 0.2) is 0 Å². The van der Waals surface area contributed by atoms with E-state index >= 15 is 0 Å². The Hall–Kier alpha value is -2.99. The third kappa shape index (κ3) is 2.68. The molecule has 0 bridgehead atoms. The van der Waals surface area contributed by atoms with Crippen LogP contribution in [0.2, 0.25) is 0 Å². The summed E-state index contributed by atoms with van der Waals surface area (Å²) in [5, 5.41) is 0.950. The summed E-state index contributed by atoms with van der Waals surface area (Å²) >= 11 is 1.60. The predicted octanol–water partition coefficient (Wildman–Crippen LogP) is 4.42. The van der Waals surface area contributed by atoms with Crippen molar-refractivity contribution in [2.24, 2.45) is 0 Å². The maximum absolute atomic E-state index is 5.68. The third-order valence-electron chi connectivity index (χ3n) is 3.64. The molecule has 24 heavy (non-hydrogen) atoms. The van der Waals surface area contributed by atoms with E-state index in [1.54, 1.807) is 23.8 Å². The number of nitrogen functional groups attached to an aromatic ring is 1. The molecule has 118 valence electrons. The lowest BCUT2D eigenvalue weighted by atomic mass is 10.1. The number of benzene rings is 1. The Labute approximate surface area is 142 Å². The summed E-state index contributed by atoms with van der Waals surface area (Å²) in [7, 11) is 0. The lowest BCUT2D eigenvalue weighted by molar-refractivity contribution is 0.582. The van der Waals surface area contributed by atoms with Crippen LogP contribution < -0.4 is 5.73 Å². The van der Waals surface area contributed by atoms with E-state index in [2.05, 4.69) is 15.0 Å². The number of nitrogens with two attached hydrogens (primary N) is 1. The second-order valence-corrected chi connectivity index (χ2v) is 6.29. The second kappa shape index (κ2) is 5.90. The number of hydrogen-bond donors (Lipinski definition) is 1. The summed E-state index contributed by atoms with van der Waals surface area (Å²) in [6, 6.07) is 13.8. The highest BCUT2D eigenvalue weighted by Gasteiger charge is 2.13. The fourth-order valence-corrected chi connectivity index (χ4v) is 3.52. The maximum atomic E-state index is 5.68. The number of aromatic nitrogens is 3. The van der Waals surface area contributed by atoms with Crippen LogP contribution in [0.25, 0.3) is 32.5 Å². The summed E-state index contributed by atoms with van der Waals surface area (Å²) in [5.41, 5.74) is 9.52. The van der Waals surface area contributed by atoms with Gasteiger partial charge in [0.2, 0.25) is 5.95 Å². The lowest BCUT2D eigenvalue weighted by Gasteiger charge is -1.99. The molecule has 1 aromatic carbocycles. The molecule has 0 fully saturated rings. The number of anilines is 1. The van der Waals surface area contributed by atoms with Crippen LogP contribution in [0.5, 0.6) is 0 Å². The Bertz CT molecular complexity index is 975. The van der Waals surface area contributed by atoms with E-state index in [1.165, 1.54) is 0 Å². The minimum Gasteiger partial charge on any atom is -0.464 e. The first-order valence-corrected chi connectivity index (χ1v) is 8.23. The summed E-state index contributed by atoms with van der Waals surface area (Å²) in [4.78, 5) is 13.9. The summed E-state index contributed by atoms with van der Waals surface area (Å²) in [5.74, 6) is 1.12. The molecule has 5 nitrogen and oxygen atoms in total. The van der Waals surface area contributed by atoms with Crippen molar-refractivity contribution in [2.45, 2.75) is 6.92 Å². The van der Waals surface area contributed by atoms with Gasteiger partial charge in [-0.25, -0.2) is 15.0 Å². The van der Waals surface area contributed by atoms with Crippen LogP contribution >= 0.6 is 11.3 Å². The number of hydrogen-bond acceptors (Lipinski definition) is 6. The second-order valence-electron chi connectivity index (χ2n) is 5.29. The highest BCUT2D eigenvalue weighted by molar-refractivity contribution is 7.18. The van der Waals surface area contributed by atoms with Crippen LogP contribution in [0.4, 0.5) is 5.95 Å². The molecule has 0 atom stereocenters. The zero-order valence-electron chi connectivity index (χ0n) is 12.9. The fraction of sp³-hybridized carbons (Fsp3) is 0.0556. The number of nitrogens with zero attached hydrogens (tertiary/aromatic N) is 3. The molecule has 0 unspecified atom stereocenters. The van der Waals surface area contributed by atoms with Crippen molar-refractivity contribution in [1.29, 1.82) is 0 Å². The highest BCUT2D eigenvalue weighted by Crippen LogP contribution is 2.35. The number of aryl methyl sites for hydroxylation is 1. The van der Waals surface area contributed by atoms with Crippen molar-refractivity contribution in [1.82, 2.24) is 15.0 Å². The van der Waals surface area contributed by atoms with Gasteiger partial charge in [-0.2, -0.15) is 0 Å². The van der Waals surface area contributed by atoms with Gasteiger partial charge in [-0.3, -0.25) is 0 Å². The molecule has 0 spiro atoms.